The molecule has 0 aliphatic rings. The maximum absolute atomic E-state index is 10.9. The third-order valence-corrected chi connectivity index (χ3v) is 1.96. The van der Waals surface area contributed by atoms with Crippen molar-refractivity contribution in [3.05, 3.63) is 11.8 Å². The van der Waals surface area contributed by atoms with E-state index in [0.29, 0.717) is 0 Å². The Morgan fingerprint density at radius 3 is 2.58 bits per heavy atom. The summed E-state index contributed by atoms with van der Waals surface area (Å²) in [6.07, 6.45) is 0.792. The maximum atomic E-state index is 10.9. The first kappa shape index (κ1) is 8.72. The zero-order chi connectivity index (χ0) is 9.35. The SMILES string of the molecule is CS(=O)(=O)C(=O)c1cc(N)on1. The lowest BCUT2D eigenvalue weighted by molar-refractivity contribution is 0.106. The van der Waals surface area contributed by atoms with Crippen LogP contribution in [0.4, 0.5) is 5.88 Å². The van der Waals surface area contributed by atoms with E-state index in [9.17, 15) is 13.2 Å². The number of aromatic nitrogens is 1. The molecule has 1 aromatic rings. The largest absolute Gasteiger partial charge is 0.368 e. The Morgan fingerprint density at radius 2 is 2.25 bits per heavy atom. The van der Waals surface area contributed by atoms with Crippen LogP contribution >= 0.6 is 0 Å². The van der Waals surface area contributed by atoms with E-state index in [4.69, 9.17) is 5.73 Å². The quantitative estimate of drug-likeness (QED) is 0.636. The number of sulfone groups is 1. The Bertz CT molecular complexity index is 405. The molecule has 1 aromatic heterocycles. The van der Waals surface area contributed by atoms with Crippen LogP contribution in [0.3, 0.4) is 0 Å². The summed E-state index contributed by atoms with van der Waals surface area (Å²) in [5, 5.41) is 2.06. The first-order valence-corrected chi connectivity index (χ1v) is 4.77. The predicted octanol–water partition coefficient (Wildman–Crippen LogP) is -0.558. The highest BCUT2D eigenvalue weighted by atomic mass is 32.2. The highest BCUT2D eigenvalue weighted by Gasteiger charge is 2.21. The fourth-order valence-corrected chi connectivity index (χ4v) is 1.05. The van der Waals surface area contributed by atoms with Crippen molar-refractivity contribution in [2.24, 2.45) is 0 Å². The molecular weight excluding hydrogens is 184 g/mol. The van der Waals surface area contributed by atoms with Crippen molar-refractivity contribution in [2.45, 2.75) is 0 Å². The fourth-order valence-electron chi connectivity index (χ4n) is 0.575. The molecule has 0 fully saturated rings. The van der Waals surface area contributed by atoms with E-state index >= 15 is 0 Å². The van der Waals surface area contributed by atoms with E-state index in [1.54, 1.807) is 0 Å². The van der Waals surface area contributed by atoms with Gasteiger partial charge in [0.25, 0.3) is 5.12 Å². The van der Waals surface area contributed by atoms with Gasteiger partial charge in [-0.3, -0.25) is 4.79 Å². The number of hydrogen-bond acceptors (Lipinski definition) is 6. The van der Waals surface area contributed by atoms with Crippen LogP contribution in [0.2, 0.25) is 0 Å². The fraction of sp³-hybridized carbons (Fsp3) is 0.200. The van der Waals surface area contributed by atoms with E-state index in [-0.39, 0.29) is 11.6 Å². The van der Waals surface area contributed by atoms with Crippen molar-refractivity contribution in [1.82, 2.24) is 5.16 Å². The average Bonchev–Trinajstić information content (AvgIpc) is 2.32. The number of nitrogens with zero attached hydrogens (tertiary/aromatic N) is 1. The Labute approximate surface area is 68.3 Å². The van der Waals surface area contributed by atoms with Gasteiger partial charge in [0, 0.05) is 12.3 Å². The van der Waals surface area contributed by atoms with Gasteiger partial charge in [-0.2, -0.15) is 0 Å². The van der Waals surface area contributed by atoms with Gasteiger partial charge in [-0.05, 0) is 0 Å². The van der Waals surface area contributed by atoms with E-state index in [1.807, 2.05) is 0 Å². The predicted molar refractivity (Wildman–Crippen MR) is 40.1 cm³/mol. The molecule has 1 rings (SSSR count). The molecular formula is C5H6N2O4S. The van der Waals surface area contributed by atoms with E-state index in [0.717, 1.165) is 12.3 Å². The molecule has 12 heavy (non-hydrogen) atoms. The highest BCUT2D eigenvalue weighted by Crippen LogP contribution is 2.07. The topological polar surface area (TPSA) is 103 Å². The van der Waals surface area contributed by atoms with Gasteiger partial charge in [0.15, 0.2) is 5.69 Å². The molecule has 0 radical (unpaired) electrons. The van der Waals surface area contributed by atoms with Crippen molar-refractivity contribution < 1.29 is 17.7 Å². The minimum atomic E-state index is -3.76. The molecule has 0 amide bonds. The smallest absolute Gasteiger partial charge is 0.298 e. The maximum Gasteiger partial charge on any atom is 0.298 e. The summed E-state index contributed by atoms with van der Waals surface area (Å²) in [5.41, 5.74) is 4.79. The molecule has 0 atom stereocenters. The lowest BCUT2D eigenvalue weighted by atomic mass is 10.5. The van der Waals surface area contributed by atoms with Crippen LogP contribution in [0.5, 0.6) is 0 Å². The Morgan fingerprint density at radius 1 is 1.67 bits per heavy atom. The van der Waals surface area contributed by atoms with Crippen molar-refractivity contribution in [3.8, 4) is 0 Å². The zero-order valence-electron chi connectivity index (χ0n) is 6.14. The first-order chi connectivity index (χ1) is 5.41. The molecule has 0 saturated carbocycles. The van der Waals surface area contributed by atoms with Crippen molar-refractivity contribution in [2.75, 3.05) is 12.0 Å². The third-order valence-electron chi connectivity index (χ3n) is 1.07. The van der Waals surface area contributed by atoms with Gasteiger partial charge in [0.05, 0.1) is 0 Å². The molecule has 1 heterocycles. The minimum absolute atomic E-state index is 0.0954. The minimum Gasteiger partial charge on any atom is -0.368 e. The molecule has 0 spiro atoms. The molecule has 0 aliphatic heterocycles. The van der Waals surface area contributed by atoms with Gasteiger partial charge in [-0.1, -0.05) is 5.16 Å². The monoisotopic (exact) mass is 190 g/mol. The molecule has 7 heteroatoms. The van der Waals surface area contributed by atoms with Crippen LogP contribution in [0.15, 0.2) is 10.6 Å². The lowest BCUT2D eigenvalue weighted by Gasteiger charge is -1.88. The molecule has 0 aliphatic carbocycles. The summed E-state index contributed by atoms with van der Waals surface area (Å²) in [6, 6.07) is 1.06. The van der Waals surface area contributed by atoms with Crippen molar-refractivity contribution in [1.29, 1.82) is 0 Å². The zero-order valence-corrected chi connectivity index (χ0v) is 6.96. The van der Waals surface area contributed by atoms with Crippen LogP contribution in [0, 0.1) is 0 Å². The average molecular weight is 190 g/mol. The molecule has 0 aromatic carbocycles. The summed E-state index contributed by atoms with van der Waals surface area (Å²) in [5.74, 6) is -0.0954. The van der Waals surface area contributed by atoms with Crippen molar-refractivity contribution in [3.63, 3.8) is 0 Å². The summed E-state index contributed by atoms with van der Waals surface area (Å²) < 4.78 is 25.7. The Balaban J connectivity index is 3.10. The molecule has 2 N–H and O–H groups in total. The van der Waals surface area contributed by atoms with Gasteiger partial charge >= 0.3 is 0 Å². The second-order valence-corrected chi connectivity index (χ2v) is 4.09. The van der Waals surface area contributed by atoms with E-state index < -0.39 is 15.0 Å². The van der Waals surface area contributed by atoms with Crippen LogP contribution in [0.1, 0.15) is 10.5 Å². The number of rotatable bonds is 1. The second kappa shape index (κ2) is 2.59. The lowest BCUT2D eigenvalue weighted by Crippen LogP contribution is -2.12. The molecule has 0 bridgehead atoms. The number of nitrogens with two attached hydrogens (primary N) is 1. The van der Waals surface area contributed by atoms with Crippen LogP contribution in [-0.4, -0.2) is 24.9 Å². The molecule has 0 saturated heterocycles. The summed E-state index contributed by atoms with van der Waals surface area (Å²) >= 11 is 0. The summed E-state index contributed by atoms with van der Waals surface area (Å²) in [6.45, 7) is 0. The number of carbonyl (C=O) groups is 1. The first-order valence-electron chi connectivity index (χ1n) is 2.88. The molecule has 66 valence electrons. The van der Waals surface area contributed by atoms with Crippen molar-refractivity contribution >= 4 is 20.8 Å². The number of hydrogen-bond donors (Lipinski definition) is 1. The Kier molecular flexibility index (Phi) is 1.89. The number of nitrogen functional groups attached to an aromatic ring is 1. The van der Waals surface area contributed by atoms with Gasteiger partial charge in [0.1, 0.15) is 0 Å². The Hall–Kier alpha value is -1.37. The molecule has 6 nitrogen and oxygen atoms in total. The van der Waals surface area contributed by atoms with E-state index in [2.05, 4.69) is 9.68 Å². The van der Waals surface area contributed by atoms with Gasteiger partial charge < -0.3 is 10.3 Å². The van der Waals surface area contributed by atoms with Gasteiger partial charge in [0.2, 0.25) is 15.7 Å². The third kappa shape index (κ3) is 1.62. The van der Waals surface area contributed by atoms with E-state index in [1.165, 1.54) is 0 Å². The highest BCUT2D eigenvalue weighted by molar-refractivity contribution is 8.06. The normalized spacial score (nSPS) is 11.4. The van der Waals surface area contributed by atoms with Gasteiger partial charge in [-0.25, -0.2) is 8.42 Å². The second-order valence-electron chi connectivity index (χ2n) is 2.17. The number of anilines is 1. The summed E-state index contributed by atoms with van der Waals surface area (Å²) in [7, 11) is -3.76. The summed E-state index contributed by atoms with van der Waals surface area (Å²) in [4.78, 5) is 10.9. The standard InChI is InChI=1S/C5H6N2O4S/c1-12(9,10)5(8)3-2-4(6)11-7-3/h2H,6H2,1H3. The van der Waals surface area contributed by atoms with Crippen LogP contribution in [-0.2, 0) is 9.84 Å². The number of carbonyl (C=O) groups excluding carboxylic acids is 1. The van der Waals surface area contributed by atoms with Crippen LogP contribution in [0.25, 0.3) is 0 Å². The molecule has 0 unspecified atom stereocenters. The van der Waals surface area contributed by atoms with Crippen LogP contribution < -0.4 is 5.73 Å². The van der Waals surface area contributed by atoms with Gasteiger partial charge in [-0.15, -0.1) is 0 Å².